The number of ketones is 1. The molecular formula is C37H65N3O5Si2. The third kappa shape index (κ3) is 14.5. The summed E-state index contributed by atoms with van der Waals surface area (Å²) in [5.74, 6) is 4.29. The lowest BCUT2D eigenvalue weighted by Gasteiger charge is -2.43. The van der Waals surface area contributed by atoms with Gasteiger partial charge in [0.25, 0.3) is 0 Å². The lowest BCUT2D eigenvalue weighted by molar-refractivity contribution is -0.131. The zero-order valence-corrected chi connectivity index (χ0v) is 33.6. The largest absolute Gasteiger partial charge is 0.497 e. The summed E-state index contributed by atoms with van der Waals surface area (Å²) in [6.45, 7) is 24.4. The van der Waals surface area contributed by atoms with Gasteiger partial charge in [0.05, 0.1) is 32.0 Å². The Morgan fingerprint density at radius 2 is 1.62 bits per heavy atom. The fourth-order valence-corrected chi connectivity index (χ4v) is 9.41. The van der Waals surface area contributed by atoms with Crippen LogP contribution in [0.2, 0.25) is 36.3 Å². The highest BCUT2D eigenvalue weighted by molar-refractivity contribution is 6.87. The summed E-state index contributed by atoms with van der Waals surface area (Å²) in [7, 11) is -2.30. The van der Waals surface area contributed by atoms with Crippen LogP contribution in [0.3, 0.4) is 0 Å². The van der Waals surface area contributed by atoms with Gasteiger partial charge < -0.3 is 19.0 Å². The number of rotatable bonds is 21. The molecule has 0 amide bonds. The minimum atomic E-state index is -2.39. The number of carbonyl (C=O) groups is 1. The summed E-state index contributed by atoms with van der Waals surface area (Å²) in [6, 6.07) is 11.3. The van der Waals surface area contributed by atoms with E-state index in [1.54, 1.807) is 7.11 Å². The number of ether oxygens (including phenoxy) is 2. The molecule has 0 saturated heterocycles. The van der Waals surface area contributed by atoms with Crippen LogP contribution in [-0.2, 0) is 20.6 Å². The molecule has 1 rings (SSSR count). The molecule has 1 aromatic carbocycles. The number of hydrogen-bond donors (Lipinski definition) is 1. The van der Waals surface area contributed by atoms with Crippen molar-refractivity contribution in [3.63, 3.8) is 0 Å². The van der Waals surface area contributed by atoms with Crippen LogP contribution in [0.15, 0.2) is 29.4 Å². The Balaban J connectivity index is 3.43. The van der Waals surface area contributed by atoms with Crippen LogP contribution in [0.5, 0.6) is 5.75 Å². The summed E-state index contributed by atoms with van der Waals surface area (Å²) in [4.78, 5) is 16.3. The van der Waals surface area contributed by atoms with Crippen LogP contribution < -0.4 is 4.74 Å². The minimum Gasteiger partial charge on any atom is -0.497 e. The SMILES string of the molecule is CC[Si](C#CC[C@H](C)C[C@H](OCc1ccc(OC)cc1)[C@@H](O[Si](C)(C)C(C)(C)C)[C@H](O)CC(=O)[C@H](C)C[C@H](C)CN=[N+]=[N-])(CC)CC. The summed E-state index contributed by atoms with van der Waals surface area (Å²) < 4.78 is 19.0. The number of nitrogens with zero attached hydrogens (tertiary/aromatic N) is 3. The molecule has 47 heavy (non-hydrogen) atoms. The van der Waals surface area contributed by atoms with Gasteiger partial charge in [-0.1, -0.05) is 79.6 Å². The highest BCUT2D eigenvalue weighted by Gasteiger charge is 2.44. The van der Waals surface area contributed by atoms with E-state index >= 15 is 0 Å². The number of Topliss-reactive ketones (excluding diaryl/α,β-unsaturated/α-hetero) is 1. The third-order valence-electron chi connectivity index (χ3n) is 10.2. The average molecular weight is 688 g/mol. The van der Waals surface area contributed by atoms with Crippen molar-refractivity contribution in [2.45, 2.75) is 149 Å². The topological polar surface area (TPSA) is 114 Å². The number of azide groups is 1. The Morgan fingerprint density at radius 1 is 1.02 bits per heavy atom. The van der Waals surface area contributed by atoms with Gasteiger partial charge in [-0.25, -0.2) is 0 Å². The standard InChI is InChI=1S/C37H65N3O5Si2/c1-13-47(14-2,15-3)22-16-17-28(4)24-35(44-27-31-18-20-32(43-10)21-19-31)36(45-46(11,12)37(7,8)9)34(42)25-33(41)30(6)23-29(5)26-39-40-38/h18-21,28-30,34-36,42H,13-15,17,23-27H2,1-12H3/t28-,29-,30+,34+,35-,36-/m0/s1. The van der Waals surface area contributed by atoms with Crippen molar-refractivity contribution in [3.8, 4) is 17.2 Å². The second-order valence-corrected chi connectivity index (χ2v) is 24.8. The van der Waals surface area contributed by atoms with Gasteiger partial charge in [0, 0.05) is 30.2 Å². The maximum Gasteiger partial charge on any atom is 0.192 e. The number of benzene rings is 1. The molecule has 0 aliphatic rings. The van der Waals surface area contributed by atoms with Crippen LogP contribution in [-0.4, -0.2) is 59.2 Å². The molecule has 1 aromatic rings. The predicted octanol–water partition coefficient (Wildman–Crippen LogP) is 9.73. The Hall–Kier alpha value is -2.13. The van der Waals surface area contributed by atoms with E-state index in [4.69, 9.17) is 19.4 Å². The molecule has 0 spiro atoms. The Labute approximate surface area is 288 Å². The van der Waals surface area contributed by atoms with Crippen LogP contribution in [0.4, 0.5) is 0 Å². The molecule has 0 bridgehead atoms. The van der Waals surface area contributed by atoms with Gasteiger partial charge in [0.15, 0.2) is 8.32 Å². The molecule has 8 nitrogen and oxygen atoms in total. The molecule has 0 radical (unpaired) electrons. The minimum absolute atomic E-state index is 0.0249. The zero-order chi connectivity index (χ0) is 35.8. The molecule has 0 aliphatic carbocycles. The average Bonchev–Trinajstić information content (AvgIpc) is 3.02. The van der Waals surface area contributed by atoms with E-state index in [1.165, 1.54) is 18.1 Å². The molecule has 0 heterocycles. The van der Waals surface area contributed by atoms with Gasteiger partial charge in [0.2, 0.25) is 0 Å². The molecule has 0 aromatic heterocycles. The second-order valence-electron chi connectivity index (χ2n) is 15.1. The van der Waals surface area contributed by atoms with Crippen LogP contribution in [0.1, 0.15) is 93.6 Å². The van der Waals surface area contributed by atoms with E-state index in [1.807, 2.05) is 38.1 Å². The molecule has 266 valence electrons. The molecule has 1 N–H and O–H groups in total. The van der Waals surface area contributed by atoms with Crippen molar-refractivity contribution < 1.29 is 23.8 Å². The first-order valence-corrected chi connectivity index (χ1v) is 23.1. The second kappa shape index (κ2) is 20.4. The van der Waals surface area contributed by atoms with Crippen LogP contribution in [0, 0.1) is 29.2 Å². The zero-order valence-electron chi connectivity index (χ0n) is 31.6. The summed E-state index contributed by atoms with van der Waals surface area (Å²) in [5.41, 5.74) is 13.4. The molecule has 0 saturated carbocycles. The van der Waals surface area contributed by atoms with Crippen molar-refractivity contribution >= 4 is 22.2 Å². The molecule has 6 atom stereocenters. The fraction of sp³-hybridized carbons (Fsp3) is 0.757. The molecule has 0 aliphatic heterocycles. The van der Waals surface area contributed by atoms with E-state index in [0.717, 1.165) is 17.7 Å². The maximum atomic E-state index is 13.5. The highest BCUT2D eigenvalue weighted by Crippen LogP contribution is 2.39. The Bertz CT molecular complexity index is 1170. The lowest BCUT2D eigenvalue weighted by atomic mass is 9.88. The van der Waals surface area contributed by atoms with Gasteiger partial charge in [-0.15, -0.1) is 11.5 Å². The van der Waals surface area contributed by atoms with Crippen LogP contribution >= 0.6 is 0 Å². The Kier molecular flexibility index (Phi) is 18.6. The van der Waals surface area contributed by atoms with Gasteiger partial charge >= 0.3 is 0 Å². The number of carbonyl (C=O) groups excluding carboxylic acids is 1. The van der Waals surface area contributed by atoms with Gasteiger partial charge in [-0.05, 0) is 84.2 Å². The van der Waals surface area contributed by atoms with Crippen molar-refractivity contribution in [1.82, 2.24) is 0 Å². The molecule has 10 heteroatoms. The first kappa shape index (κ1) is 42.9. The summed E-state index contributed by atoms with van der Waals surface area (Å²) >= 11 is 0. The monoisotopic (exact) mass is 687 g/mol. The van der Waals surface area contributed by atoms with Crippen molar-refractivity contribution in [3.05, 3.63) is 40.3 Å². The normalized spacial score (nSPS) is 16.1. The number of aliphatic hydroxyl groups excluding tert-OH is 1. The van der Waals surface area contributed by atoms with Gasteiger partial charge in [-0.3, -0.25) is 4.79 Å². The quantitative estimate of drug-likeness (QED) is 0.0454. The van der Waals surface area contributed by atoms with Gasteiger partial charge in [0.1, 0.15) is 19.6 Å². The summed E-state index contributed by atoms with van der Waals surface area (Å²) in [6.07, 6.45) is -0.211. The Morgan fingerprint density at radius 3 is 2.13 bits per heavy atom. The number of aliphatic hydroxyl groups is 1. The first-order valence-electron chi connectivity index (χ1n) is 17.6. The van der Waals surface area contributed by atoms with E-state index in [2.05, 4.69) is 83.1 Å². The number of hydrogen-bond acceptors (Lipinski definition) is 6. The van der Waals surface area contributed by atoms with E-state index < -0.39 is 34.7 Å². The van der Waals surface area contributed by atoms with Crippen LogP contribution in [0.25, 0.3) is 10.4 Å². The van der Waals surface area contributed by atoms with Gasteiger partial charge in [-0.2, -0.15) is 0 Å². The molecule has 0 fully saturated rings. The maximum absolute atomic E-state index is 13.5. The highest BCUT2D eigenvalue weighted by atomic mass is 28.4. The van der Waals surface area contributed by atoms with E-state index in [-0.39, 0.29) is 35.0 Å². The number of methoxy groups -OCH3 is 1. The molecular weight excluding hydrogens is 623 g/mol. The smallest absolute Gasteiger partial charge is 0.192 e. The molecule has 0 unspecified atom stereocenters. The fourth-order valence-electron chi connectivity index (χ4n) is 5.56. The lowest BCUT2D eigenvalue weighted by Crippen LogP contribution is -2.52. The third-order valence-corrected chi connectivity index (χ3v) is 19.5. The van der Waals surface area contributed by atoms with Crippen molar-refractivity contribution in [2.75, 3.05) is 13.7 Å². The van der Waals surface area contributed by atoms with Crippen molar-refractivity contribution in [1.29, 1.82) is 0 Å². The van der Waals surface area contributed by atoms with Crippen molar-refractivity contribution in [2.24, 2.45) is 22.9 Å². The summed E-state index contributed by atoms with van der Waals surface area (Å²) in [5, 5.41) is 15.4. The first-order chi connectivity index (χ1) is 22.0. The van der Waals surface area contributed by atoms with E-state index in [9.17, 15) is 9.90 Å². The van der Waals surface area contributed by atoms with E-state index in [0.29, 0.717) is 26.0 Å². The predicted molar refractivity (Wildman–Crippen MR) is 200 cm³/mol.